The van der Waals surface area contributed by atoms with Crippen molar-refractivity contribution in [2.45, 2.75) is 32.9 Å². The fourth-order valence-corrected chi connectivity index (χ4v) is 2.96. The average molecular weight is 377 g/mol. The first-order chi connectivity index (χ1) is 13.0. The van der Waals surface area contributed by atoms with Crippen LogP contribution in [0.15, 0.2) is 29.3 Å². The van der Waals surface area contributed by atoms with Crippen LogP contribution in [0.4, 0.5) is 0 Å². The molecule has 0 aliphatic carbocycles. The van der Waals surface area contributed by atoms with Crippen molar-refractivity contribution in [1.29, 1.82) is 0 Å². The van der Waals surface area contributed by atoms with Crippen LogP contribution in [-0.2, 0) is 16.0 Å². The van der Waals surface area contributed by atoms with Crippen molar-refractivity contribution >= 4 is 11.9 Å². The van der Waals surface area contributed by atoms with Crippen LogP contribution < -0.4 is 10.6 Å². The summed E-state index contributed by atoms with van der Waals surface area (Å²) in [4.78, 5) is 18.4. The maximum absolute atomic E-state index is 11.7. The quantitative estimate of drug-likeness (QED) is 0.428. The van der Waals surface area contributed by atoms with E-state index in [1.807, 2.05) is 12.1 Å². The van der Waals surface area contributed by atoms with Crippen LogP contribution >= 0.6 is 0 Å². The first-order valence-corrected chi connectivity index (χ1v) is 9.49. The lowest BCUT2D eigenvalue weighted by molar-refractivity contribution is -0.00834. The van der Waals surface area contributed by atoms with Gasteiger partial charge in [-0.1, -0.05) is 12.1 Å². The lowest BCUT2D eigenvalue weighted by Crippen LogP contribution is -2.56. The summed E-state index contributed by atoms with van der Waals surface area (Å²) in [6, 6.07) is 7.41. The predicted octanol–water partition coefficient (Wildman–Crippen LogP) is 1.64. The minimum atomic E-state index is -0.292. The summed E-state index contributed by atoms with van der Waals surface area (Å²) in [5.74, 6) is 0.464. The minimum Gasteiger partial charge on any atom is -0.462 e. The standard InChI is InChI=1S/C20H32N4O3/c1-5-27-18(25)17-8-6-16(7-9-17)14-22-19(21-4)23-15-20(2,3)24-10-12-26-13-11-24/h6-9H,5,10-15H2,1-4H3,(H2,21,22,23). The number of hydrogen-bond donors (Lipinski definition) is 2. The molecule has 1 fully saturated rings. The molecule has 0 amide bonds. The van der Waals surface area contributed by atoms with Crippen molar-refractivity contribution in [2.24, 2.45) is 4.99 Å². The van der Waals surface area contributed by atoms with Gasteiger partial charge in [0.05, 0.1) is 25.4 Å². The van der Waals surface area contributed by atoms with Gasteiger partial charge in [0.2, 0.25) is 0 Å². The molecule has 0 radical (unpaired) electrons. The van der Waals surface area contributed by atoms with Gasteiger partial charge in [0.1, 0.15) is 0 Å². The van der Waals surface area contributed by atoms with Crippen LogP contribution in [0.5, 0.6) is 0 Å². The highest BCUT2D eigenvalue weighted by atomic mass is 16.5. The Kier molecular flexibility index (Phi) is 8.06. The van der Waals surface area contributed by atoms with E-state index in [1.54, 1.807) is 26.1 Å². The van der Waals surface area contributed by atoms with Gasteiger partial charge in [-0.3, -0.25) is 9.89 Å². The van der Waals surface area contributed by atoms with Crippen molar-refractivity contribution < 1.29 is 14.3 Å². The molecule has 0 atom stereocenters. The van der Waals surface area contributed by atoms with Crippen LogP contribution in [0.3, 0.4) is 0 Å². The van der Waals surface area contributed by atoms with E-state index in [-0.39, 0.29) is 11.5 Å². The van der Waals surface area contributed by atoms with E-state index in [1.165, 1.54) is 0 Å². The number of aliphatic imine (C=N–C) groups is 1. The van der Waals surface area contributed by atoms with E-state index in [0.29, 0.717) is 18.7 Å². The van der Waals surface area contributed by atoms with Gasteiger partial charge in [-0.2, -0.15) is 0 Å². The summed E-state index contributed by atoms with van der Waals surface area (Å²) in [6.45, 7) is 11.5. The van der Waals surface area contributed by atoms with E-state index in [0.717, 1.165) is 44.4 Å². The van der Waals surface area contributed by atoms with Gasteiger partial charge in [-0.05, 0) is 38.5 Å². The van der Waals surface area contributed by atoms with Gasteiger partial charge < -0.3 is 20.1 Å². The van der Waals surface area contributed by atoms with E-state index < -0.39 is 0 Å². The molecule has 0 unspecified atom stereocenters. The first-order valence-electron chi connectivity index (χ1n) is 9.49. The number of rotatable bonds is 7. The summed E-state index contributed by atoms with van der Waals surface area (Å²) in [5, 5.41) is 6.72. The van der Waals surface area contributed by atoms with Crippen LogP contribution in [0.2, 0.25) is 0 Å². The SMILES string of the molecule is CCOC(=O)c1ccc(CNC(=NC)NCC(C)(C)N2CCOCC2)cc1. The molecule has 7 heteroatoms. The Morgan fingerprint density at radius 3 is 2.48 bits per heavy atom. The normalized spacial score (nSPS) is 16.1. The van der Waals surface area contributed by atoms with E-state index >= 15 is 0 Å². The molecule has 1 saturated heterocycles. The van der Waals surface area contributed by atoms with Crippen molar-refractivity contribution in [3.8, 4) is 0 Å². The van der Waals surface area contributed by atoms with E-state index in [4.69, 9.17) is 9.47 Å². The molecule has 0 saturated carbocycles. The summed E-state index contributed by atoms with van der Waals surface area (Å²) in [5.41, 5.74) is 1.65. The first kappa shape index (κ1) is 21.2. The number of benzene rings is 1. The Bertz CT molecular complexity index is 623. The lowest BCUT2D eigenvalue weighted by Gasteiger charge is -2.41. The van der Waals surface area contributed by atoms with Gasteiger partial charge in [-0.25, -0.2) is 4.79 Å². The largest absolute Gasteiger partial charge is 0.462 e. The molecule has 1 aliphatic rings. The molecule has 27 heavy (non-hydrogen) atoms. The molecule has 1 aromatic rings. The molecule has 7 nitrogen and oxygen atoms in total. The molecule has 2 rings (SSSR count). The smallest absolute Gasteiger partial charge is 0.338 e. The second-order valence-corrected chi connectivity index (χ2v) is 7.11. The molecule has 0 aromatic heterocycles. The Morgan fingerprint density at radius 1 is 1.22 bits per heavy atom. The summed E-state index contributed by atoms with van der Waals surface area (Å²) < 4.78 is 10.4. The number of morpholine rings is 1. The highest BCUT2D eigenvalue weighted by Gasteiger charge is 2.28. The Morgan fingerprint density at radius 2 is 1.89 bits per heavy atom. The molecule has 1 aromatic carbocycles. The lowest BCUT2D eigenvalue weighted by atomic mass is 10.0. The van der Waals surface area contributed by atoms with Crippen LogP contribution in [0.25, 0.3) is 0 Å². The number of ether oxygens (including phenoxy) is 2. The third-order valence-electron chi connectivity index (χ3n) is 4.70. The Balaban J connectivity index is 1.82. The number of nitrogens with zero attached hydrogens (tertiary/aromatic N) is 2. The van der Waals surface area contributed by atoms with E-state index in [9.17, 15) is 4.79 Å². The van der Waals surface area contributed by atoms with Gasteiger partial charge in [-0.15, -0.1) is 0 Å². The van der Waals surface area contributed by atoms with Crippen molar-refractivity contribution in [2.75, 3.05) is 46.5 Å². The number of carbonyl (C=O) groups excluding carboxylic acids is 1. The molecule has 1 aliphatic heterocycles. The highest BCUT2D eigenvalue weighted by Crippen LogP contribution is 2.15. The number of hydrogen-bond acceptors (Lipinski definition) is 5. The number of nitrogens with one attached hydrogen (secondary N) is 2. The second kappa shape index (κ2) is 10.3. The minimum absolute atomic E-state index is 0.0166. The van der Waals surface area contributed by atoms with Gasteiger partial charge in [0.15, 0.2) is 5.96 Å². The predicted molar refractivity (Wildman–Crippen MR) is 107 cm³/mol. The van der Waals surface area contributed by atoms with Crippen LogP contribution in [-0.4, -0.2) is 68.9 Å². The maximum Gasteiger partial charge on any atom is 0.338 e. The third kappa shape index (κ3) is 6.52. The highest BCUT2D eigenvalue weighted by molar-refractivity contribution is 5.89. The van der Waals surface area contributed by atoms with Gasteiger partial charge >= 0.3 is 5.97 Å². The van der Waals surface area contributed by atoms with Crippen LogP contribution in [0.1, 0.15) is 36.7 Å². The molecule has 150 valence electrons. The second-order valence-electron chi connectivity index (χ2n) is 7.11. The number of esters is 1. The monoisotopic (exact) mass is 376 g/mol. The van der Waals surface area contributed by atoms with Crippen molar-refractivity contribution in [1.82, 2.24) is 15.5 Å². The van der Waals surface area contributed by atoms with Crippen LogP contribution in [0, 0.1) is 0 Å². The fourth-order valence-electron chi connectivity index (χ4n) is 2.96. The van der Waals surface area contributed by atoms with Crippen molar-refractivity contribution in [3.63, 3.8) is 0 Å². The number of guanidine groups is 1. The molecular weight excluding hydrogens is 344 g/mol. The Hall–Kier alpha value is -2.12. The molecular formula is C20H32N4O3. The maximum atomic E-state index is 11.7. The molecule has 2 N–H and O–H groups in total. The molecule has 0 spiro atoms. The topological polar surface area (TPSA) is 75.2 Å². The van der Waals surface area contributed by atoms with E-state index in [2.05, 4.69) is 34.4 Å². The number of carbonyl (C=O) groups is 1. The zero-order valence-electron chi connectivity index (χ0n) is 16.9. The fraction of sp³-hybridized carbons (Fsp3) is 0.600. The molecule has 1 heterocycles. The zero-order valence-corrected chi connectivity index (χ0v) is 16.9. The third-order valence-corrected chi connectivity index (χ3v) is 4.70. The van der Waals surface area contributed by atoms with Gasteiger partial charge in [0, 0.05) is 38.8 Å². The zero-order chi connectivity index (χ0) is 19.7. The summed E-state index contributed by atoms with van der Waals surface area (Å²) in [7, 11) is 1.76. The Labute approximate surface area is 162 Å². The molecule has 0 bridgehead atoms. The summed E-state index contributed by atoms with van der Waals surface area (Å²) >= 11 is 0. The van der Waals surface area contributed by atoms with Gasteiger partial charge in [0.25, 0.3) is 0 Å². The average Bonchev–Trinajstić information content (AvgIpc) is 2.69. The van der Waals surface area contributed by atoms with Crippen molar-refractivity contribution in [3.05, 3.63) is 35.4 Å². The summed E-state index contributed by atoms with van der Waals surface area (Å²) in [6.07, 6.45) is 0.